The van der Waals surface area contributed by atoms with E-state index < -0.39 is 0 Å². The van der Waals surface area contributed by atoms with Crippen LogP contribution in [0, 0.1) is 5.92 Å². The van der Waals surface area contributed by atoms with Crippen LogP contribution in [-0.2, 0) is 0 Å². The molecule has 1 aromatic rings. The van der Waals surface area contributed by atoms with Crippen molar-refractivity contribution in [3.8, 4) is 0 Å². The average Bonchev–Trinajstić information content (AvgIpc) is 2.63. The zero-order valence-corrected chi connectivity index (χ0v) is 13.7. The maximum Gasteiger partial charge on any atom is 0.0701 e. The van der Waals surface area contributed by atoms with Crippen molar-refractivity contribution in [3.05, 3.63) is 20.8 Å². The summed E-state index contributed by atoms with van der Waals surface area (Å²) in [5.41, 5.74) is 0. The SMILES string of the molecule is CCNC(CC1CCCCCC1)c1ccc(Br)s1. The van der Waals surface area contributed by atoms with Gasteiger partial charge in [-0.1, -0.05) is 45.4 Å². The summed E-state index contributed by atoms with van der Waals surface area (Å²) in [5, 5.41) is 3.67. The Morgan fingerprint density at radius 1 is 1.28 bits per heavy atom. The fourth-order valence-electron chi connectivity index (χ4n) is 2.99. The molecule has 2 rings (SSSR count). The maximum absolute atomic E-state index is 3.67. The van der Waals surface area contributed by atoms with Crippen LogP contribution in [0.15, 0.2) is 15.9 Å². The molecule has 0 amide bonds. The molecule has 0 radical (unpaired) electrons. The molecule has 0 aliphatic heterocycles. The van der Waals surface area contributed by atoms with Crippen LogP contribution in [0.2, 0.25) is 0 Å². The van der Waals surface area contributed by atoms with Gasteiger partial charge in [-0.2, -0.15) is 0 Å². The van der Waals surface area contributed by atoms with Gasteiger partial charge in [-0.15, -0.1) is 11.3 Å². The van der Waals surface area contributed by atoms with Crippen molar-refractivity contribution in [2.45, 2.75) is 57.9 Å². The van der Waals surface area contributed by atoms with E-state index in [0.717, 1.165) is 12.5 Å². The third-order valence-electron chi connectivity index (χ3n) is 3.93. The zero-order valence-electron chi connectivity index (χ0n) is 11.3. The lowest BCUT2D eigenvalue weighted by molar-refractivity contribution is 0.362. The maximum atomic E-state index is 3.67. The van der Waals surface area contributed by atoms with Gasteiger partial charge in [0.1, 0.15) is 0 Å². The Morgan fingerprint density at radius 3 is 2.56 bits per heavy atom. The normalized spacial score (nSPS) is 19.7. The molecule has 1 unspecified atom stereocenters. The van der Waals surface area contributed by atoms with Crippen molar-refractivity contribution in [1.29, 1.82) is 0 Å². The number of hydrogen-bond acceptors (Lipinski definition) is 2. The number of rotatable bonds is 5. The monoisotopic (exact) mass is 329 g/mol. The van der Waals surface area contributed by atoms with Crippen LogP contribution < -0.4 is 5.32 Å². The molecule has 1 atom stereocenters. The van der Waals surface area contributed by atoms with Crippen molar-refractivity contribution in [2.24, 2.45) is 5.92 Å². The number of nitrogens with one attached hydrogen (secondary N) is 1. The van der Waals surface area contributed by atoms with E-state index in [1.807, 2.05) is 11.3 Å². The molecule has 1 saturated carbocycles. The Balaban J connectivity index is 1.96. The minimum atomic E-state index is 0.564. The molecule has 3 heteroatoms. The molecule has 1 aliphatic carbocycles. The fraction of sp³-hybridized carbons (Fsp3) is 0.733. The highest BCUT2D eigenvalue weighted by Crippen LogP contribution is 2.34. The van der Waals surface area contributed by atoms with Crippen molar-refractivity contribution in [1.82, 2.24) is 5.32 Å². The van der Waals surface area contributed by atoms with Gasteiger partial charge >= 0.3 is 0 Å². The summed E-state index contributed by atoms with van der Waals surface area (Å²) >= 11 is 5.46. The largest absolute Gasteiger partial charge is 0.310 e. The smallest absolute Gasteiger partial charge is 0.0701 e. The lowest BCUT2D eigenvalue weighted by Gasteiger charge is -2.22. The molecule has 1 aromatic heterocycles. The van der Waals surface area contributed by atoms with E-state index in [1.54, 1.807) is 0 Å². The van der Waals surface area contributed by atoms with E-state index in [0.29, 0.717) is 6.04 Å². The summed E-state index contributed by atoms with van der Waals surface area (Å²) in [6.45, 7) is 3.27. The van der Waals surface area contributed by atoms with Crippen molar-refractivity contribution < 1.29 is 0 Å². The summed E-state index contributed by atoms with van der Waals surface area (Å²) < 4.78 is 1.25. The van der Waals surface area contributed by atoms with E-state index in [-0.39, 0.29) is 0 Å². The molecule has 1 heterocycles. The number of hydrogen-bond donors (Lipinski definition) is 1. The van der Waals surface area contributed by atoms with Gasteiger partial charge in [0.15, 0.2) is 0 Å². The Kier molecular flexibility index (Phi) is 6.19. The van der Waals surface area contributed by atoms with E-state index in [9.17, 15) is 0 Å². The third kappa shape index (κ3) is 4.36. The molecule has 1 N–H and O–H groups in total. The van der Waals surface area contributed by atoms with Crippen LogP contribution in [0.1, 0.15) is 62.8 Å². The first-order chi connectivity index (χ1) is 8.79. The van der Waals surface area contributed by atoms with Crippen molar-refractivity contribution >= 4 is 27.3 Å². The van der Waals surface area contributed by atoms with E-state index in [1.165, 1.54) is 53.6 Å². The predicted molar refractivity (Wildman–Crippen MR) is 84.2 cm³/mol. The van der Waals surface area contributed by atoms with Gasteiger partial charge in [0.2, 0.25) is 0 Å². The molecule has 1 nitrogen and oxygen atoms in total. The molecule has 0 spiro atoms. The second-order valence-electron chi connectivity index (χ2n) is 5.35. The third-order valence-corrected chi connectivity index (χ3v) is 5.67. The highest BCUT2D eigenvalue weighted by atomic mass is 79.9. The van der Waals surface area contributed by atoms with Crippen LogP contribution in [0.3, 0.4) is 0 Å². The van der Waals surface area contributed by atoms with E-state index >= 15 is 0 Å². The standard InChI is InChI=1S/C15H24BrNS/c1-2-17-13(14-9-10-15(16)18-14)11-12-7-5-3-4-6-8-12/h9-10,12-13,17H,2-8,11H2,1H3. The fourth-order valence-corrected chi connectivity index (χ4v) is 4.51. The van der Waals surface area contributed by atoms with Crippen LogP contribution in [0.25, 0.3) is 0 Å². The molecule has 18 heavy (non-hydrogen) atoms. The minimum absolute atomic E-state index is 0.564. The van der Waals surface area contributed by atoms with E-state index in [4.69, 9.17) is 0 Å². The summed E-state index contributed by atoms with van der Waals surface area (Å²) in [5.74, 6) is 0.928. The second kappa shape index (κ2) is 7.66. The highest BCUT2D eigenvalue weighted by Gasteiger charge is 2.19. The van der Waals surface area contributed by atoms with Crippen LogP contribution in [0.4, 0.5) is 0 Å². The van der Waals surface area contributed by atoms with Crippen molar-refractivity contribution in [3.63, 3.8) is 0 Å². The zero-order chi connectivity index (χ0) is 12.8. The topological polar surface area (TPSA) is 12.0 Å². The Hall–Kier alpha value is 0.140. The van der Waals surface area contributed by atoms with Gasteiger partial charge in [-0.3, -0.25) is 0 Å². The average molecular weight is 330 g/mol. The molecule has 1 fully saturated rings. The molecule has 102 valence electrons. The van der Waals surface area contributed by atoms with E-state index in [2.05, 4.69) is 40.3 Å². The molecule has 1 aliphatic rings. The summed E-state index contributed by atoms with van der Waals surface area (Å²) in [7, 11) is 0. The second-order valence-corrected chi connectivity index (χ2v) is 7.84. The molecule has 0 saturated heterocycles. The summed E-state index contributed by atoms with van der Waals surface area (Å²) in [6, 6.07) is 5.02. The van der Waals surface area contributed by atoms with Crippen LogP contribution in [-0.4, -0.2) is 6.54 Å². The first kappa shape index (κ1) is 14.5. The summed E-state index contributed by atoms with van der Waals surface area (Å²) in [6.07, 6.45) is 9.98. The number of thiophene rings is 1. The predicted octanol–water partition coefficient (Wildman–Crippen LogP) is 5.52. The highest BCUT2D eigenvalue weighted by molar-refractivity contribution is 9.11. The lowest BCUT2D eigenvalue weighted by Crippen LogP contribution is -2.22. The van der Waals surface area contributed by atoms with Crippen LogP contribution in [0.5, 0.6) is 0 Å². The van der Waals surface area contributed by atoms with Crippen molar-refractivity contribution in [2.75, 3.05) is 6.54 Å². The molecular weight excluding hydrogens is 306 g/mol. The molecule has 0 bridgehead atoms. The quantitative estimate of drug-likeness (QED) is 0.701. The Labute approximate surface area is 123 Å². The van der Waals surface area contributed by atoms with Gasteiger partial charge in [0.25, 0.3) is 0 Å². The minimum Gasteiger partial charge on any atom is -0.310 e. The first-order valence-corrected chi connectivity index (χ1v) is 8.89. The molecule has 0 aromatic carbocycles. The Bertz CT molecular complexity index is 342. The molecular formula is C15H24BrNS. The number of halogens is 1. The van der Waals surface area contributed by atoms with Gasteiger partial charge in [-0.05, 0) is 46.9 Å². The van der Waals surface area contributed by atoms with Gasteiger partial charge in [0, 0.05) is 10.9 Å². The van der Waals surface area contributed by atoms with Crippen LogP contribution >= 0.6 is 27.3 Å². The first-order valence-electron chi connectivity index (χ1n) is 7.28. The lowest BCUT2D eigenvalue weighted by atomic mass is 9.92. The summed E-state index contributed by atoms with van der Waals surface area (Å²) in [4.78, 5) is 1.49. The van der Waals surface area contributed by atoms with Gasteiger partial charge in [0.05, 0.1) is 3.79 Å². The van der Waals surface area contributed by atoms with Gasteiger partial charge < -0.3 is 5.32 Å². The Morgan fingerprint density at radius 2 is 2.00 bits per heavy atom. The van der Waals surface area contributed by atoms with Gasteiger partial charge in [-0.25, -0.2) is 0 Å².